The molecule has 1 saturated heterocycles. The fourth-order valence-electron chi connectivity index (χ4n) is 2.22. The van der Waals surface area contributed by atoms with Gasteiger partial charge in [0.05, 0.1) is 18.1 Å². The molecule has 0 bridgehead atoms. The molecule has 2 amide bonds. The summed E-state index contributed by atoms with van der Waals surface area (Å²) in [5.74, 6) is 0.934. The number of imide groups is 1. The molecule has 0 atom stereocenters. The van der Waals surface area contributed by atoms with E-state index in [1.807, 2.05) is 26.0 Å². The Balaban J connectivity index is 2.47. The lowest BCUT2D eigenvalue weighted by Crippen LogP contribution is -2.17. The van der Waals surface area contributed by atoms with Crippen LogP contribution in [0.3, 0.4) is 0 Å². The summed E-state index contributed by atoms with van der Waals surface area (Å²) >= 11 is 0.891. The Morgan fingerprint density at radius 1 is 1.22 bits per heavy atom. The van der Waals surface area contributed by atoms with Gasteiger partial charge in [-0.15, -0.1) is 6.58 Å². The number of carbonyl (C=O) groups excluding carboxylic acids is 2. The number of carbonyl (C=O) groups is 2. The molecule has 1 aliphatic rings. The highest BCUT2D eigenvalue weighted by molar-refractivity contribution is 8.18. The van der Waals surface area contributed by atoms with Crippen LogP contribution in [0.1, 0.15) is 25.0 Å². The number of benzene rings is 1. The molecule has 5 nitrogen and oxygen atoms in total. The quantitative estimate of drug-likeness (QED) is 0.611. The predicted molar refractivity (Wildman–Crippen MR) is 91.8 cm³/mol. The van der Waals surface area contributed by atoms with Crippen molar-refractivity contribution < 1.29 is 19.1 Å². The Bertz CT molecular complexity index is 667. The third kappa shape index (κ3) is 4.16. The first-order valence-electron chi connectivity index (χ1n) is 7.37. The number of nitrogens with one attached hydrogen (secondary N) is 1. The van der Waals surface area contributed by atoms with Crippen molar-refractivity contribution in [2.24, 2.45) is 0 Å². The van der Waals surface area contributed by atoms with Gasteiger partial charge in [-0.05, 0) is 55.8 Å². The molecule has 0 aromatic heterocycles. The highest BCUT2D eigenvalue weighted by Gasteiger charge is 2.25. The molecule has 1 aromatic rings. The molecule has 0 radical (unpaired) electrons. The number of hydrogen-bond acceptors (Lipinski definition) is 5. The van der Waals surface area contributed by atoms with Gasteiger partial charge in [-0.2, -0.15) is 0 Å². The van der Waals surface area contributed by atoms with Crippen LogP contribution in [0.25, 0.3) is 6.08 Å². The lowest BCUT2D eigenvalue weighted by atomic mass is 10.0. The smallest absolute Gasteiger partial charge is 0.290 e. The van der Waals surface area contributed by atoms with Crippen LogP contribution in [0.4, 0.5) is 4.79 Å². The van der Waals surface area contributed by atoms with Crippen LogP contribution in [0.15, 0.2) is 29.7 Å². The zero-order valence-corrected chi connectivity index (χ0v) is 14.0. The highest BCUT2D eigenvalue weighted by Crippen LogP contribution is 2.35. The van der Waals surface area contributed by atoms with Gasteiger partial charge in [0.1, 0.15) is 0 Å². The normalized spacial score (nSPS) is 15.7. The van der Waals surface area contributed by atoms with E-state index in [1.165, 1.54) is 0 Å². The Kier molecular flexibility index (Phi) is 5.87. The van der Waals surface area contributed by atoms with Crippen molar-refractivity contribution >= 4 is 29.0 Å². The lowest BCUT2D eigenvalue weighted by Gasteiger charge is -2.16. The van der Waals surface area contributed by atoms with Crippen molar-refractivity contribution in [2.45, 2.75) is 20.3 Å². The molecule has 0 aliphatic carbocycles. The molecule has 1 aromatic carbocycles. The van der Waals surface area contributed by atoms with Gasteiger partial charge in [-0.25, -0.2) is 0 Å². The SMILES string of the molecule is C=CCc1cc(/C=C2/SC(=O)NC2=O)cc(OCC)c1OCC. The Labute approximate surface area is 139 Å². The van der Waals surface area contributed by atoms with E-state index in [4.69, 9.17) is 9.47 Å². The molecule has 1 fully saturated rings. The Morgan fingerprint density at radius 2 is 1.96 bits per heavy atom. The predicted octanol–water partition coefficient (Wildman–Crippen LogP) is 3.54. The van der Waals surface area contributed by atoms with Crippen molar-refractivity contribution in [1.29, 1.82) is 0 Å². The average molecular weight is 333 g/mol. The standard InChI is InChI=1S/C17H19NO4S/c1-4-7-12-8-11(10-14-16(19)18-17(20)23-14)9-13(21-5-2)15(12)22-6-3/h4,8-10H,1,5-7H2,2-3H3,(H,18,19,20)/b14-10+. The maximum atomic E-state index is 11.7. The van der Waals surface area contributed by atoms with Gasteiger partial charge in [-0.1, -0.05) is 6.08 Å². The largest absolute Gasteiger partial charge is 0.490 e. The molecular formula is C17H19NO4S. The molecule has 23 heavy (non-hydrogen) atoms. The van der Waals surface area contributed by atoms with Gasteiger partial charge < -0.3 is 9.47 Å². The van der Waals surface area contributed by atoms with Gasteiger partial charge in [0, 0.05) is 5.56 Å². The van der Waals surface area contributed by atoms with Crippen molar-refractivity contribution in [2.75, 3.05) is 13.2 Å². The zero-order chi connectivity index (χ0) is 16.8. The third-order valence-electron chi connectivity index (χ3n) is 3.05. The average Bonchev–Trinajstić information content (AvgIpc) is 2.81. The maximum Gasteiger partial charge on any atom is 0.290 e. The molecule has 1 aliphatic heterocycles. The molecule has 2 rings (SSSR count). The van der Waals surface area contributed by atoms with Gasteiger partial charge in [0.15, 0.2) is 11.5 Å². The first kappa shape index (κ1) is 17.1. The molecule has 6 heteroatoms. The third-order valence-corrected chi connectivity index (χ3v) is 3.86. The number of thioether (sulfide) groups is 1. The fourth-order valence-corrected chi connectivity index (χ4v) is 2.90. The first-order chi connectivity index (χ1) is 11.1. The maximum absolute atomic E-state index is 11.7. The summed E-state index contributed by atoms with van der Waals surface area (Å²) < 4.78 is 11.4. The van der Waals surface area contributed by atoms with Gasteiger partial charge >= 0.3 is 0 Å². The van der Waals surface area contributed by atoms with Crippen LogP contribution >= 0.6 is 11.8 Å². The molecule has 1 heterocycles. The zero-order valence-electron chi connectivity index (χ0n) is 13.2. The van der Waals surface area contributed by atoms with Crippen molar-refractivity contribution in [3.8, 4) is 11.5 Å². The van der Waals surface area contributed by atoms with Gasteiger partial charge in [-0.3, -0.25) is 14.9 Å². The molecule has 0 unspecified atom stereocenters. The van der Waals surface area contributed by atoms with Crippen LogP contribution in [-0.2, 0) is 11.2 Å². The van der Waals surface area contributed by atoms with Gasteiger partial charge in [0.2, 0.25) is 0 Å². The summed E-state index contributed by atoms with van der Waals surface area (Å²) in [7, 11) is 0. The summed E-state index contributed by atoms with van der Waals surface area (Å²) in [5.41, 5.74) is 1.70. The highest BCUT2D eigenvalue weighted by atomic mass is 32.2. The monoisotopic (exact) mass is 333 g/mol. The van der Waals surface area contributed by atoms with Crippen LogP contribution < -0.4 is 14.8 Å². The van der Waals surface area contributed by atoms with E-state index in [0.29, 0.717) is 36.0 Å². The van der Waals surface area contributed by atoms with E-state index in [1.54, 1.807) is 12.2 Å². The number of rotatable bonds is 7. The van der Waals surface area contributed by atoms with Crippen molar-refractivity contribution in [1.82, 2.24) is 5.32 Å². The second kappa shape index (κ2) is 7.87. The molecular weight excluding hydrogens is 314 g/mol. The molecule has 122 valence electrons. The van der Waals surface area contributed by atoms with E-state index < -0.39 is 0 Å². The van der Waals surface area contributed by atoms with Crippen molar-refractivity contribution in [3.63, 3.8) is 0 Å². The number of ether oxygens (including phenoxy) is 2. The summed E-state index contributed by atoms with van der Waals surface area (Å²) in [6.07, 6.45) is 4.07. The van der Waals surface area contributed by atoms with Crippen LogP contribution in [0.5, 0.6) is 11.5 Å². The minimum absolute atomic E-state index is 0.358. The van der Waals surface area contributed by atoms with Crippen LogP contribution in [0, 0.1) is 0 Å². The number of amides is 2. The minimum atomic E-state index is -0.378. The van der Waals surface area contributed by atoms with E-state index in [9.17, 15) is 9.59 Å². The van der Waals surface area contributed by atoms with E-state index in [2.05, 4.69) is 11.9 Å². The van der Waals surface area contributed by atoms with E-state index >= 15 is 0 Å². The summed E-state index contributed by atoms with van der Waals surface area (Å²) in [6.45, 7) is 8.60. The molecule has 1 N–H and O–H groups in total. The van der Waals surface area contributed by atoms with Crippen LogP contribution in [-0.4, -0.2) is 24.4 Å². The minimum Gasteiger partial charge on any atom is -0.490 e. The summed E-state index contributed by atoms with van der Waals surface area (Å²) in [6, 6.07) is 3.73. The summed E-state index contributed by atoms with van der Waals surface area (Å²) in [5, 5.41) is 1.89. The van der Waals surface area contributed by atoms with Gasteiger partial charge in [0.25, 0.3) is 11.1 Å². The number of allylic oxidation sites excluding steroid dienone is 1. The second-order valence-electron chi connectivity index (χ2n) is 4.72. The first-order valence-corrected chi connectivity index (χ1v) is 8.18. The van der Waals surface area contributed by atoms with Crippen molar-refractivity contribution in [3.05, 3.63) is 40.8 Å². The Hall–Kier alpha value is -2.21. The Morgan fingerprint density at radius 3 is 2.52 bits per heavy atom. The van der Waals surface area contributed by atoms with Crippen LogP contribution in [0.2, 0.25) is 0 Å². The summed E-state index contributed by atoms with van der Waals surface area (Å²) in [4.78, 5) is 23.3. The second-order valence-corrected chi connectivity index (χ2v) is 5.73. The number of hydrogen-bond donors (Lipinski definition) is 1. The fraction of sp³-hybridized carbons (Fsp3) is 0.294. The molecule has 0 spiro atoms. The van der Waals surface area contributed by atoms with E-state index in [-0.39, 0.29) is 11.1 Å². The lowest BCUT2D eigenvalue weighted by molar-refractivity contribution is -0.115. The molecule has 0 saturated carbocycles. The topological polar surface area (TPSA) is 64.6 Å². The van der Waals surface area contributed by atoms with E-state index in [0.717, 1.165) is 22.9 Å².